The van der Waals surface area contributed by atoms with Gasteiger partial charge in [-0.25, -0.2) is 4.98 Å². The summed E-state index contributed by atoms with van der Waals surface area (Å²) in [4.78, 5) is 8.75. The largest absolute Gasteiger partial charge is 0.257 e. The lowest BCUT2D eigenvalue weighted by atomic mass is 10.1. The third kappa shape index (κ3) is 1.64. The Balaban J connectivity index is 2.57. The summed E-state index contributed by atoms with van der Waals surface area (Å²) in [6, 6.07) is 10.8. The van der Waals surface area contributed by atoms with Gasteiger partial charge in [0.2, 0.25) is 0 Å². The molecule has 0 aliphatic carbocycles. The van der Waals surface area contributed by atoms with E-state index in [0.29, 0.717) is 0 Å². The van der Waals surface area contributed by atoms with Crippen LogP contribution in [-0.4, -0.2) is 9.97 Å². The Morgan fingerprint density at radius 3 is 2.57 bits per heavy atom. The molecule has 0 unspecified atom stereocenters. The van der Waals surface area contributed by atoms with Gasteiger partial charge in [0.05, 0.1) is 17.1 Å². The van der Waals surface area contributed by atoms with Crippen molar-refractivity contribution >= 4 is 0 Å². The van der Waals surface area contributed by atoms with Gasteiger partial charge in [0.1, 0.15) is 0 Å². The molecule has 0 aliphatic rings. The van der Waals surface area contributed by atoms with Crippen LogP contribution in [0.15, 0.2) is 30.5 Å². The minimum Gasteiger partial charge on any atom is -0.257 e. The molecule has 0 saturated carbocycles. The van der Waals surface area contributed by atoms with Gasteiger partial charge in [-0.2, -0.15) is 0 Å². The molecule has 2 aromatic rings. The maximum Gasteiger partial charge on any atom is 0.0917 e. The summed E-state index contributed by atoms with van der Waals surface area (Å²) in [5.41, 5.74) is 3.96. The van der Waals surface area contributed by atoms with Crippen LogP contribution in [0.4, 0.5) is 0 Å². The zero-order chi connectivity index (χ0) is 9.97. The van der Waals surface area contributed by atoms with Crippen molar-refractivity contribution in [2.24, 2.45) is 0 Å². The third-order valence-electron chi connectivity index (χ3n) is 2.07. The first-order valence-corrected chi connectivity index (χ1v) is 4.54. The van der Waals surface area contributed by atoms with E-state index in [0.717, 1.165) is 22.6 Å². The molecule has 0 amide bonds. The highest BCUT2D eigenvalue weighted by Crippen LogP contribution is 2.18. The van der Waals surface area contributed by atoms with E-state index in [2.05, 4.69) is 16.0 Å². The van der Waals surface area contributed by atoms with Crippen LogP contribution in [0.2, 0.25) is 0 Å². The van der Waals surface area contributed by atoms with E-state index in [1.807, 2.05) is 38.1 Å². The Hall–Kier alpha value is -1.70. The fourth-order valence-electron chi connectivity index (χ4n) is 1.36. The smallest absolute Gasteiger partial charge is 0.0917 e. The maximum absolute atomic E-state index is 4.47. The predicted octanol–water partition coefficient (Wildman–Crippen LogP) is 2.56. The first-order valence-electron chi connectivity index (χ1n) is 4.54. The summed E-state index contributed by atoms with van der Waals surface area (Å²) in [5, 5.41) is 0. The molecular formula is C12H11N2. The fourth-order valence-corrected chi connectivity index (χ4v) is 1.36. The quantitative estimate of drug-likeness (QED) is 0.679. The van der Waals surface area contributed by atoms with Crippen molar-refractivity contribution in [2.75, 3.05) is 0 Å². The SMILES string of the molecule is Cc1cnc(C)c(-c2cc[c]cc2)n1. The molecule has 2 rings (SSSR count). The van der Waals surface area contributed by atoms with E-state index in [4.69, 9.17) is 0 Å². The van der Waals surface area contributed by atoms with E-state index in [9.17, 15) is 0 Å². The van der Waals surface area contributed by atoms with E-state index in [1.165, 1.54) is 0 Å². The molecule has 0 fully saturated rings. The Kier molecular flexibility index (Phi) is 2.27. The number of benzene rings is 1. The molecule has 0 aliphatic heterocycles. The van der Waals surface area contributed by atoms with Crippen LogP contribution in [-0.2, 0) is 0 Å². The molecule has 1 aromatic heterocycles. The van der Waals surface area contributed by atoms with Crippen molar-refractivity contribution in [2.45, 2.75) is 13.8 Å². The van der Waals surface area contributed by atoms with E-state index in [1.54, 1.807) is 6.20 Å². The van der Waals surface area contributed by atoms with Gasteiger partial charge < -0.3 is 0 Å². The molecule has 1 radical (unpaired) electrons. The summed E-state index contributed by atoms with van der Waals surface area (Å²) in [7, 11) is 0. The average Bonchev–Trinajstić information content (AvgIpc) is 2.23. The summed E-state index contributed by atoms with van der Waals surface area (Å²) >= 11 is 0. The molecule has 14 heavy (non-hydrogen) atoms. The standard InChI is InChI=1S/C12H11N2/c1-9-8-13-10(2)12(14-9)11-6-4-3-5-7-11/h4-8H,1-2H3. The highest BCUT2D eigenvalue weighted by molar-refractivity contribution is 5.60. The van der Waals surface area contributed by atoms with Crippen LogP contribution in [0.25, 0.3) is 11.3 Å². The van der Waals surface area contributed by atoms with E-state index >= 15 is 0 Å². The molecule has 0 N–H and O–H groups in total. The summed E-state index contributed by atoms with van der Waals surface area (Å²) in [6.45, 7) is 3.92. The van der Waals surface area contributed by atoms with Gasteiger partial charge in [-0.05, 0) is 19.9 Å². The van der Waals surface area contributed by atoms with Gasteiger partial charge in [-0.15, -0.1) is 0 Å². The third-order valence-corrected chi connectivity index (χ3v) is 2.07. The number of nitrogens with zero attached hydrogens (tertiary/aromatic N) is 2. The Morgan fingerprint density at radius 1 is 1.14 bits per heavy atom. The first-order chi connectivity index (χ1) is 6.77. The molecule has 2 heteroatoms. The Bertz CT molecular complexity index is 435. The number of aryl methyl sites for hydroxylation is 2. The summed E-state index contributed by atoms with van der Waals surface area (Å²) < 4.78 is 0. The molecule has 0 atom stereocenters. The second kappa shape index (κ2) is 3.58. The monoisotopic (exact) mass is 183 g/mol. The topological polar surface area (TPSA) is 25.8 Å². The zero-order valence-corrected chi connectivity index (χ0v) is 8.28. The highest BCUT2D eigenvalue weighted by atomic mass is 14.8. The second-order valence-corrected chi connectivity index (χ2v) is 3.23. The Labute approximate surface area is 83.7 Å². The fraction of sp³-hybridized carbons (Fsp3) is 0.167. The molecule has 1 heterocycles. The van der Waals surface area contributed by atoms with Crippen molar-refractivity contribution in [1.82, 2.24) is 9.97 Å². The molecule has 0 bridgehead atoms. The maximum atomic E-state index is 4.47. The molecule has 2 nitrogen and oxygen atoms in total. The van der Waals surface area contributed by atoms with Crippen molar-refractivity contribution in [3.8, 4) is 11.3 Å². The van der Waals surface area contributed by atoms with Crippen LogP contribution in [0.5, 0.6) is 0 Å². The lowest BCUT2D eigenvalue weighted by Gasteiger charge is -2.04. The molecule has 0 saturated heterocycles. The van der Waals surface area contributed by atoms with Gasteiger partial charge in [0.25, 0.3) is 0 Å². The van der Waals surface area contributed by atoms with Crippen molar-refractivity contribution in [3.05, 3.63) is 47.9 Å². The van der Waals surface area contributed by atoms with Crippen LogP contribution in [0, 0.1) is 19.9 Å². The summed E-state index contributed by atoms with van der Waals surface area (Å²) in [6.07, 6.45) is 1.79. The Morgan fingerprint density at radius 2 is 1.86 bits per heavy atom. The average molecular weight is 183 g/mol. The molecular weight excluding hydrogens is 172 g/mol. The van der Waals surface area contributed by atoms with E-state index < -0.39 is 0 Å². The second-order valence-electron chi connectivity index (χ2n) is 3.23. The van der Waals surface area contributed by atoms with Gasteiger partial charge in [0, 0.05) is 11.8 Å². The highest BCUT2D eigenvalue weighted by Gasteiger charge is 2.03. The van der Waals surface area contributed by atoms with Crippen LogP contribution < -0.4 is 0 Å². The normalized spacial score (nSPS) is 10.1. The first kappa shape index (κ1) is 8.88. The van der Waals surface area contributed by atoms with Crippen LogP contribution in [0.3, 0.4) is 0 Å². The molecule has 69 valence electrons. The summed E-state index contributed by atoms with van der Waals surface area (Å²) in [5.74, 6) is 0. The van der Waals surface area contributed by atoms with Crippen molar-refractivity contribution in [3.63, 3.8) is 0 Å². The van der Waals surface area contributed by atoms with Crippen molar-refractivity contribution in [1.29, 1.82) is 0 Å². The minimum absolute atomic E-state index is 0.943. The number of rotatable bonds is 1. The lowest BCUT2D eigenvalue weighted by molar-refractivity contribution is 1.07. The minimum atomic E-state index is 0.943. The van der Waals surface area contributed by atoms with Crippen LogP contribution >= 0.6 is 0 Å². The molecule has 0 spiro atoms. The predicted molar refractivity (Wildman–Crippen MR) is 55.8 cm³/mol. The number of hydrogen-bond acceptors (Lipinski definition) is 2. The zero-order valence-electron chi connectivity index (χ0n) is 8.28. The van der Waals surface area contributed by atoms with Gasteiger partial charge >= 0.3 is 0 Å². The number of aromatic nitrogens is 2. The van der Waals surface area contributed by atoms with Crippen LogP contribution in [0.1, 0.15) is 11.4 Å². The van der Waals surface area contributed by atoms with Gasteiger partial charge in [0.15, 0.2) is 0 Å². The van der Waals surface area contributed by atoms with Gasteiger partial charge in [-0.3, -0.25) is 4.98 Å². The van der Waals surface area contributed by atoms with Crippen molar-refractivity contribution < 1.29 is 0 Å². The number of hydrogen-bond donors (Lipinski definition) is 0. The lowest BCUT2D eigenvalue weighted by Crippen LogP contribution is -1.93. The van der Waals surface area contributed by atoms with E-state index in [-0.39, 0.29) is 0 Å². The molecule has 1 aromatic carbocycles. The van der Waals surface area contributed by atoms with Gasteiger partial charge in [-0.1, -0.05) is 24.3 Å².